The fourth-order valence-electron chi connectivity index (χ4n) is 3.29. The third kappa shape index (κ3) is 6.73. The first kappa shape index (κ1) is 22.6. The molecule has 0 bridgehead atoms. The minimum absolute atomic E-state index is 0.235. The molecule has 0 aromatic heterocycles. The number of guanidine groups is 1. The number of rotatable bonds is 8. The van der Waals surface area contributed by atoms with E-state index < -0.39 is 0 Å². The zero-order valence-electron chi connectivity index (χ0n) is 18.1. The standard InChI is InChI=1S/C21H34N4O4/c1-5-28-19-16-17(9-10-18(19)27-4)8-7-11-23-20(22-3)24-12-14-25(15-13-24)21(26)29-6-2/h9-10,16H,5-8,11-15H2,1-4H3,(H,22,23). The number of ether oxygens (including phenoxy) is 3. The van der Waals surface area contributed by atoms with Crippen LogP contribution in [-0.4, -0.2) is 81.9 Å². The molecule has 1 N–H and O–H groups in total. The number of nitrogens with one attached hydrogen (secondary N) is 1. The highest BCUT2D eigenvalue weighted by Gasteiger charge is 2.23. The van der Waals surface area contributed by atoms with Gasteiger partial charge in [-0.2, -0.15) is 0 Å². The van der Waals surface area contributed by atoms with Crippen LogP contribution in [0.3, 0.4) is 0 Å². The van der Waals surface area contributed by atoms with Gasteiger partial charge in [0.15, 0.2) is 17.5 Å². The van der Waals surface area contributed by atoms with E-state index in [2.05, 4.69) is 21.3 Å². The molecular formula is C21H34N4O4. The zero-order chi connectivity index (χ0) is 21.1. The van der Waals surface area contributed by atoms with Gasteiger partial charge in [-0.25, -0.2) is 4.79 Å². The molecule has 8 nitrogen and oxygen atoms in total. The van der Waals surface area contributed by atoms with Gasteiger partial charge in [-0.15, -0.1) is 0 Å². The van der Waals surface area contributed by atoms with Crippen LogP contribution < -0.4 is 14.8 Å². The van der Waals surface area contributed by atoms with Crippen LogP contribution in [0.1, 0.15) is 25.8 Å². The molecule has 1 aliphatic rings. The van der Waals surface area contributed by atoms with Gasteiger partial charge in [0, 0.05) is 39.8 Å². The average Bonchev–Trinajstić information content (AvgIpc) is 2.74. The second kappa shape index (κ2) is 12.0. The monoisotopic (exact) mass is 406 g/mol. The highest BCUT2D eigenvalue weighted by atomic mass is 16.6. The molecule has 1 heterocycles. The van der Waals surface area contributed by atoms with Crippen molar-refractivity contribution in [3.05, 3.63) is 23.8 Å². The molecule has 1 aliphatic heterocycles. The predicted molar refractivity (Wildman–Crippen MR) is 114 cm³/mol. The Morgan fingerprint density at radius 1 is 1.10 bits per heavy atom. The fraction of sp³-hybridized carbons (Fsp3) is 0.619. The van der Waals surface area contributed by atoms with Crippen LogP contribution in [0.2, 0.25) is 0 Å². The lowest BCUT2D eigenvalue weighted by molar-refractivity contribution is 0.0914. The molecule has 1 aromatic rings. The molecule has 0 unspecified atom stereocenters. The number of aliphatic imine (C=N–C) groups is 1. The lowest BCUT2D eigenvalue weighted by atomic mass is 10.1. The molecule has 0 saturated carbocycles. The smallest absolute Gasteiger partial charge is 0.409 e. The Labute approximate surface area is 173 Å². The molecule has 0 spiro atoms. The minimum atomic E-state index is -0.235. The third-order valence-corrected chi connectivity index (χ3v) is 4.77. The van der Waals surface area contributed by atoms with Crippen molar-refractivity contribution in [3.63, 3.8) is 0 Å². The van der Waals surface area contributed by atoms with Crippen molar-refractivity contribution in [2.75, 3.05) is 60.1 Å². The summed E-state index contributed by atoms with van der Waals surface area (Å²) in [6, 6.07) is 6.08. The van der Waals surface area contributed by atoms with Crippen LogP contribution >= 0.6 is 0 Å². The number of hydrogen-bond acceptors (Lipinski definition) is 5. The van der Waals surface area contributed by atoms with Crippen molar-refractivity contribution in [2.45, 2.75) is 26.7 Å². The Morgan fingerprint density at radius 2 is 1.83 bits per heavy atom. The van der Waals surface area contributed by atoms with Crippen molar-refractivity contribution < 1.29 is 19.0 Å². The van der Waals surface area contributed by atoms with E-state index in [0.717, 1.165) is 49.9 Å². The molecular weight excluding hydrogens is 372 g/mol. The van der Waals surface area contributed by atoms with Gasteiger partial charge in [0.2, 0.25) is 0 Å². The summed E-state index contributed by atoms with van der Waals surface area (Å²) < 4.78 is 16.1. The number of aryl methyl sites for hydroxylation is 1. The maximum atomic E-state index is 11.8. The first-order valence-electron chi connectivity index (χ1n) is 10.3. The topological polar surface area (TPSA) is 75.6 Å². The Morgan fingerprint density at radius 3 is 2.45 bits per heavy atom. The van der Waals surface area contributed by atoms with E-state index in [1.165, 1.54) is 5.56 Å². The number of benzene rings is 1. The summed E-state index contributed by atoms with van der Waals surface area (Å²) in [6.07, 6.45) is 1.67. The normalized spacial score (nSPS) is 14.6. The fourth-order valence-corrected chi connectivity index (χ4v) is 3.29. The van der Waals surface area contributed by atoms with Gasteiger partial charge in [-0.05, 0) is 44.4 Å². The molecule has 8 heteroatoms. The lowest BCUT2D eigenvalue weighted by Crippen LogP contribution is -2.54. The van der Waals surface area contributed by atoms with Crippen molar-refractivity contribution >= 4 is 12.1 Å². The first-order valence-corrected chi connectivity index (χ1v) is 10.3. The molecule has 2 rings (SSSR count). The van der Waals surface area contributed by atoms with E-state index in [-0.39, 0.29) is 6.09 Å². The molecule has 29 heavy (non-hydrogen) atoms. The van der Waals surface area contributed by atoms with Gasteiger partial charge in [-0.3, -0.25) is 4.99 Å². The predicted octanol–water partition coefficient (Wildman–Crippen LogP) is 2.38. The van der Waals surface area contributed by atoms with E-state index in [1.807, 2.05) is 26.0 Å². The number of carbonyl (C=O) groups is 1. The van der Waals surface area contributed by atoms with E-state index in [0.29, 0.717) is 26.3 Å². The zero-order valence-corrected chi connectivity index (χ0v) is 18.1. The Kier molecular flexibility index (Phi) is 9.40. The highest BCUT2D eigenvalue weighted by molar-refractivity contribution is 5.80. The lowest BCUT2D eigenvalue weighted by Gasteiger charge is -2.35. The van der Waals surface area contributed by atoms with E-state index in [1.54, 1.807) is 19.1 Å². The van der Waals surface area contributed by atoms with Crippen LogP contribution in [-0.2, 0) is 11.2 Å². The number of piperazine rings is 1. The van der Waals surface area contributed by atoms with Crippen LogP contribution in [0.5, 0.6) is 11.5 Å². The maximum Gasteiger partial charge on any atom is 0.409 e. The van der Waals surface area contributed by atoms with E-state index in [4.69, 9.17) is 14.2 Å². The summed E-state index contributed by atoms with van der Waals surface area (Å²) in [5.41, 5.74) is 1.22. The number of methoxy groups -OCH3 is 1. The second-order valence-corrected chi connectivity index (χ2v) is 6.67. The van der Waals surface area contributed by atoms with E-state index in [9.17, 15) is 4.79 Å². The molecule has 1 saturated heterocycles. The largest absolute Gasteiger partial charge is 0.493 e. The van der Waals surface area contributed by atoms with Gasteiger partial charge in [0.05, 0.1) is 20.3 Å². The molecule has 0 radical (unpaired) electrons. The highest BCUT2D eigenvalue weighted by Crippen LogP contribution is 2.28. The molecule has 1 aromatic carbocycles. The second-order valence-electron chi connectivity index (χ2n) is 6.67. The Bertz CT molecular complexity index is 673. The van der Waals surface area contributed by atoms with Crippen LogP contribution in [0.4, 0.5) is 4.79 Å². The van der Waals surface area contributed by atoms with Crippen molar-refractivity contribution in [1.29, 1.82) is 0 Å². The van der Waals surface area contributed by atoms with E-state index >= 15 is 0 Å². The SMILES string of the molecule is CCOC(=O)N1CCN(C(=NC)NCCCc2ccc(OC)c(OCC)c2)CC1. The van der Waals surface area contributed by atoms with Crippen LogP contribution in [0, 0.1) is 0 Å². The number of hydrogen-bond donors (Lipinski definition) is 1. The van der Waals surface area contributed by atoms with Crippen molar-refractivity contribution in [1.82, 2.24) is 15.1 Å². The average molecular weight is 407 g/mol. The quantitative estimate of drug-likeness (QED) is 0.406. The van der Waals surface area contributed by atoms with Gasteiger partial charge in [0.25, 0.3) is 0 Å². The number of amides is 1. The summed E-state index contributed by atoms with van der Waals surface area (Å²) in [4.78, 5) is 20.1. The minimum Gasteiger partial charge on any atom is -0.493 e. The van der Waals surface area contributed by atoms with Gasteiger partial charge in [0.1, 0.15) is 0 Å². The molecule has 1 amide bonds. The number of nitrogens with zero attached hydrogens (tertiary/aromatic N) is 3. The Balaban J connectivity index is 1.77. The van der Waals surface area contributed by atoms with Gasteiger partial charge in [-0.1, -0.05) is 6.07 Å². The van der Waals surface area contributed by atoms with Crippen molar-refractivity contribution in [3.8, 4) is 11.5 Å². The Hall–Kier alpha value is -2.64. The van der Waals surface area contributed by atoms with Gasteiger partial charge >= 0.3 is 6.09 Å². The molecule has 0 aliphatic carbocycles. The number of carbonyl (C=O) groups excluding carboxylic acids is 1. The third-order valence-electron chi connectivity index (χ3n) is 4.77. The summed E-state index contributed by atoms with van der Waals surface area (Å²) in [7, 11) is 3.44. The summed E-state index contributed by atoms with van der Waals surface area (Å²) in [5.74, 6) is 2.42. The maximum absolute atomic E-state index is 11.8. The van der Waals surface area contributed by atoms with Crippen molar-refractivity contribution in [2.24, 2.45) is 4.99 Å². The summed E-state index contributed by atoms with van der Waals surface area (Å²) in [6.45, 7) is 8.41. The molecule has 162 valence electrons. The van der Waals surface area contributed by atoms with Crippen LogP contribution in [0.15, 0.2) is 23.2 Å². The van der Waals surface area contributed by atoms with Gasteiger partial charge < -0.3 is 29.3 Å². The molecule has 0 atom stereocenters. The van der Waals surface area contributed by atoms with Crippen LogP contribution in [0.25, 0.3) is 0 Å². The summed E-state index contributed by atoms with van der Waals surface area (Å²) >= 11 is 0. The molecule has 1 fully saturated rings. The first-order chi connectivity index (χ1) is 14.1. The summed E-state index contributed by atoms with van der Waals surface area (Å²) in [5, 5.41) is 3.43.